The third-order valence-electron chi connectivity index (χ3n) is 7.12. The van der Waals surface area contributed by atoms with E-state index in [1.54, 1.807) is 49.3 Å². The summed E-state index contributed by atoms with van der Waals surface area (Å²) in [6, 6.07) is 18.6. The number of piperazine rings is 1. The maximum atomic E-state index is 14.4. The number of hydrogen-bond acceptors (Lipinski definition) is 5. The van der Waals surface area contributed by atoms with Crippen LogP contribution < -0.4 is 19.9 Å². The first-order valence-corrected chi connectivity index (χ1v) is 13.1. The molecule has 2 aliphatic heterocycles. The summed E-state index contributed by atoms with van der Waals surface area (Å²) in [7, 11) is 1.59. The molecular formula is C28H27BrClN3O3. The largest absolute Gasteiger partial charge is 0.497 e. The summed E-state index contributed by atoms with van der Waals surface area (Å²) in [5, 5.41) is 3.85. The van der Waals surface area contributed by atoms with Crippen LogP contribution in [0.1, 0.15) is 28.4 Å². The molecule has 1 amide bonds. The minimum absolute atomic E-state index is 0.221. The summed E-state index contributed by atoms with van der Waals surface area (Å²) < 4.78 is 6.21. The molecule has 0 bridgehead atoms. The molecule has 0 aliphatic carbocycles. The number of nitrogens with one attached hydrogen (secondary N) is 1. The lowest BCUT2D eigenvalue weighted by Gasteiger charge is -2.42. The van der Waals surface area contributed by atoms with Crippen LogP contribution in [-0.2, 0) is 16.8 Å². The molecule has 2 aliphatic rings. The van der Waals surface area contributed by atoms with Crippen LogP contribution >= 0.6 is 27.5 Å². The molecule has 2 heterocycles. The van der Waals surface area contributed by atoms with Gasteiger partial charge in [-0.05, 0) is 48.4 Å². The van der Waals surface area contributed by atoms with E-state index in [-0.39, 0.29) is 11.7 Å². The van der Waals surface area contributed by atoms with Crippen LogP contribution in [0.25, 0.3) is 0 Å². The average molecular weight is 569 g/mol. The van der Waals surface area contributed by atoms with Gasteiger partial charge in [0.05, 0.1) is 30.6 Å². The third kappa shape index (κ3) is 4.19. The highest BCUT2D eigenvalue weighted by Gasteiger charge is 2.52. The van der Waals surface area contributed by atoms with Crippen molar-refractivity contribution >= 4 is 50.6 Å². The number of carbonyl (C=O) groups is 2. The van der Waals surface area contributed by atoms with Gasteiger partial charge in [-0.1, -0.05) is 57.9 Å². The Balaban J connectivity index is 1.72. The van der Waals surface area contributed by atoms with E-state index in [2.05, 4.69) is 26.1 Å². The Kier molecular flexibility index (Phi) is 6.81. The Morgan fingerprint density at radius 1 is 1.03 bits per heavy atom. The number of ketones is 1. The molecule has 1 atom stereocenters. The first kappa shape index (κ1) is 24.8. The fourth-order valence-corrected chi connectivity index (χ4v) is 5.66. The van der Waals surface area contributed by atoms with Crippen molar-refractivity contribution in [1.82, 2.24) is 5.32 Å². The molecule has 1 unspecified atom stereocenters. The highest BCUT2D eigenvalue weighted by molar-refractivity contribution is 9.10. The number of Topliss-reactive ketones (excluding diaryl/α,β-unsaturated/α-hetero) is 1. The van der Waals surface area contributed by atoms with Crippen molar-refractivity contribution in [3.63, 3.8) is 0 Å². The van der Waals surface area contributed by atoms with E-state index in [4.69, 9.17) is 16.3 Å². The Morgan fingerprint density at radius 2 is 1.69 bits per heavy atom. The molecule has 3 aromatic rings. The number of nitrogens with zero attached hydrogens (tertiary/aromatic N) is 2. The van der Waals surface area contributed by atoms with Gasteiger partial charge in [-0.25, -0.2) is 0 Å². The number of fused-ring (bicyclic) bond motifs is 1. The van der Waals surface area contributed by atoms with Gasteiger partial charge in [0.25, 0.3) is 0 Å². The first-order valence-electron chi connectivity index (χ1n) is 11.9. The highest BCUT2D eigenvalue weighted by atomic mass is 79.9. The summed E-state index contributed by atoms with van der Waals surface area (Å²) in [4.78, 5) is 32.5. The van der Waals surface area contributed by atoms with Gasteiger partial charge in [0.1, 0.15) is 11.2 Å². The summed E-state index contributed by atoms with van der Waals surface area (Å²) in [6.07, 6.45) is 0. The molecule has 6 nitrogen and oxygen atoms in total. The number of amides is 1. The van der Waals surface area contributed by atoms with E-state index in [0.29, 0.717) is 34.1 Å². The van der Waals surface area contributed by atoms with Gasteiger partial charge in [0.2, 0.25) is 5.91 Å². The predicted octanol–water partition coefficient (Wildman–Crippen LogP) is 5.21. The van der Waals surface area contributed by atoms with Gasteiger partial charge < -0.3 is 19.9 Å². The molecule has 186 valence electrons. The summed E-state index contributed by atoms with van der Waals surface area (Å²) in [5.41, 5.74) is 2.01. The molecule has 5 rings (SSSR count). The molecule has 3 aromatic carbocycles. The molecule has 36 heavy (non-hydrogen) atoms. The van der Waals surface area contributed by atoms with Gasteiger partial charge in [0.15, 0.2) is 5.78 Å². The van der Waals surface area contributed by atoms with Crippen molar-refractivity contribution in [2.24, 2.45) is 0 Å². The van der Waals surface area contributed by atoms with Crippen LogP contribution in [0.4, 0.5) is 11.4 Å². The van der Waals surface area contributed by atoms with Gasteiger partial charge in [-0.3, -0.25) is 9.59 Å². The topological polar surface area (TPSA) is 61.9 Å². The van der Waals surface area contributed by atoms with Gasteiger partial charge in [-0.15, -0.1) is 0 Å². The van der Waals surface area contributed by atoms with Crippen LogP contribution in [0.3, 0.4) is 0 Å². The number of rotatable bonds is 5. The van der Waals surface area contributed by atoms with Crippen molar-refractivity contribution in [3.05, 3.63) is 86.8 Å². The lowest BCUT2D eigenvalue weighted by Crippen LogP contribution is -2.55. The number of methoxy groups -OCH3 is 1. The van der Waals surface area contributed by atoms with Gasteiger partial charge >= 0.3 is 0 Å². The number of benzene rings is 3. The maximum absolute atomic E-state index is 14.4. The maximum Gasteiger partial charge on any atom is 0.245 e. The van der Waals surface area contributed by atoms with Crippen LogP contribution in [0.15, 0.2) is 65.1 Å². The minimum Gasteiger partial charge on any atom is -0.497 e. The normalized spacial score (nSPS) is 19.9. The summed E-state index contributed by atoms with van der Waals surface area (Å²) >= 11 is 10.2. The van der Waals surface area contributed by atoms with Crippen LogP contribution in [0, 0.1) is 0 Å². The molecule has 1 fully saturated rings. The molecule has 1 saturated heterocycles. The monoisotopic (exact) mass is 567 g/mol. The first-order chi connectivity index (χ1) is 17.3. The molecule has 1 N–H and O–H groups in total. The lowest BCUT2D eigenvalue weighted by molar-refractivity contribution is -0.122. The Morgan fingerprint density at radius 3 is 2.36 bits per heavy atom. The second kappa shape index (κ2) is 9.88. The van der Waals surface area contributed by atoms with Crippen LogP contribution in [-0.4, -0.2) is 45.0 Å². The van der Waals surface area contributed by atoms with E-state index >= 15 is 0 Å². The fraction of sp³-hybridized carbons (Fsp3) is 0.286. The number of halogens is 2. The molecule has 0 aromatic heterocycles. The van der Waals surface area contributed by atoms with Gasteiger partial charge in [0, 0.05) is 35.7 Å². The highest BCUT2D eigenvalue weighted by Crippen LogP contribution is 2.46. The van der Waals surface area contributed by atoms with Crippen molar-refractivity contribution < 1.29 is 14.3 Å². The summed E-state index contributed by atoms with van der Waals surface area (Å²) in [6.45, 7) is 5.14. The Bertz CT molecular complexity index is 1320. The third-order valence-corrected chi connectivity index (χ3v) is 8.11. The van der Waals surface area contributed by atoms with E-state index in [1.807, 2.05) is 30.3 Å². The second-order valence-electron chi connectivity index (χ2n) is 9.22. The van der Waals surface area contributed by atoms with E-state index in [1.165, 1.54) is 0 Å². The molecular weight excluding hydrogens is 542 g/mol. The number of anilines is 2. The van der Waals surface area contributed by atoms with E-state index < -0.39 is 5.41 Å². The molecule has 0 saturated carbocycles. The number of carbonyl (C=O) groups excluding carboxylic acids is 2. The van der Waals surface area contributed by atoms with Crippen molar-refractivity contribution in [3.8, 4) is 5.75 Å². The van der Waals surface area contributed by atoms with Crippen LogP contribution in [0.2, 0.25) is 5.02 Å². The predicted molar refractivity (Wildman–Crippen MR) is 147 cm³/mol. The molecule has 8 heteroatoms. The quantitative estimate of drug-likeness (QED) is 0.428. The van der Waals surface area contributed by atoms with Crippen molar-refractivity contribution in [2.45, 2.75) is 18.9 Å². The zero-order valence-electron chi connectivity index (χ0n) is 20.2. The second-order valence-corrected chi connectivity index (χ2v) is 10.5. The zero-order chi connectivity index (χ0) is 25.4. The van der Waals surface area contributed by atoms with Crippen molar-refractivity contribution in [2.75, 3.05) is 43.1 Å². The van der Waals surface area contributed by atoms with E-state index in [0.717, 1.165) is 41.9 Å². The minimum atomic E-state index is -1.41. The fourth-order valence-electron chi connectivity index (χ4n) is 5.04. The molecule has 0 radical (unpaired) electrons. The summed E-state index contributed by atoms with van der Waals surface area (Å²) in [5.74, 6) is 0.160. The molecule has 0 spiro atoms. The number of hydrogen-bond donors (Lipinski definition) is 1. The Hall–Kier alpha value is -2.87. The van der Waals surface area contributed by atoms with Crippen molar-refractivity contribution in [1.29, 1.82) is 0 Å². The Labute approximate surface area is 224 Å². The standard InChI is InChI=1S/C28H27BrClN3O3/c1-28(19-7-9-21(36-2)10-8-19)26(34)25-23(32-13-11-31-12-14-32)15-20(30)16-24(25)33(27(28)35)17-18-5-3-4-6-22(18)29/h3-10,15-16,31H,11-14,17H2,1-2H3. The average Bonchev–Trinajstić information content (AvgIpc) is 2.91. The van der Waals surface area contributed by atoms with E-state index in [9.17, 15) is 9.59 Å². The smallest absolute Gasteiger partial charge is 0.245 e. The lowest BCUT2D eigenvalue weighted by atomic mass is 9.71. The number of ether oxygens (including phenoxy) is 1. The zero-order valence-corrected chi connectivity index (χ0v) is 22.5. The SMILES string of the molecule is COc1ccc(C2(C)C(=O)c3c(N4CCNCC4)cc(Cl)cc3N(Cc3ccccc3Br)C2=O)cc1. The van der Waals surface area contributed by atoms with Gasteiger partial charge in [-0.2, -0.15) is 0 Å². The van der Waals surface area contributed by atoms with Crippen LogP contribution in [0.5, 0.6) is 5.75 Å².